The van der Waals surface area contributed by atoms with Crippen LogP contribution in [0.15, 0.2) is 30.3 Å². The lowest BCUT2D eigenvalue weighted by molar-refractivity contribution is 0.0217. The maximum absolute atomic E-state index is 10.7. The number of fused-ring (bicyclic) bond motifs is 1. The van der Waals surface area contributed by atoms with E-state index in [0.29, 0.717) is 11.8 Å². The summed E-state index contributed by atoms with van der Waals surface area (Å²) in [5.41, 5.74) is 0.798. The zero-order chi connectivity index (χ0) is 15.0. The first-order valence-electron chi connectivity index (χ1n) is 8.11. The van der Waals surface area contributed by atoms with Crippen molar-refractivity contribution >= 4 is 0 Å². The van der Waals surface area contributed by atoms with E-state index in [1.807, 2.05) is 30.3 Å². The predicted molar refractivity (Wildman–Crippen MR) is 83.8 cm³/mol. The van der Waals surface area contributed by atoms with Gasteiger partial charge in [0.1, 0.15) is 0 Å². The lowest BCUT2D eigenvalue weighted by Gasteiger charge is -2.35. The molecule has 2 N–H and O–H groups in total. The highest BCUT2D eigenvalue weighted by atomic mass is 16.3. The van der Waals surface area contributed by atoms with Crippen molar-refractivity contribution in [2.45, 2.75) is 38.9 Å². The van der Waals surface area contributed by atoms with Crippen molar-refractivity contribution in [2.75, 3.05) is 19.6 Å². The van der Waals surface area contributed by atoms with Gasteiger partial charge in [0, 0.05) is 31.0 Å². The van der Waals surface area contributed by atoms with Gasteiger partial charge >= 0.3 is 0 Å². The van der Waals surface area contributed by atoms with E-state index in [0.717, 1.165) is 38.0 Å². The summed E-state index contributed by atoms with van der Waals surface area (Å²) < 4.78 is 0. The van der Waals surface area contributed by atoms with Crippen molar-refractivity contribution in [3.8, 4) is 0 Å². The van der Waals surface area contributed by atoms with Crippen LogP contribution in [-0.2, 0) is 0 Å². The van der Waals surface area contributed by atoms with Gasteiger partial charge in [-0.1, -0.05) is 44.2 Å². The van der Waals surface area contributed by atoms with E-state index < -0.39 is 6.10 Å². The number of likely N-dealkylation sites (tertiary alicyclic amines) is 1. The molecule has 3 rings (SSSR count). The number of rotatable bonds is 4. The van der Waals surface area contributed by atoms with Crippen molar-refractivity contribution in [1.82, 2.24) is 4.90 Å². The number of nitrogens with zero attached hydrogens (tertiary/aromatic N) is 1. The minimum atomic E-state index is -0.455. The normalized spacial score (nSPS) is 31.3. The molecule has 3 heteroatoms. The molecule has 0 radical (unpaired) electrons. The van der Waals surface area contributed by atoms with E-state index in [1.54, 1.807) is 0 Å². The molecule has 1 aliphatic carbocycles. The van der Waals surface area contributed by atoms with E-state index in [-0.39, 0.29) is 11.5 Å². The molecule has 0 spiro atoms. The molecule has 2 fully saturated rings. The van der Waals surface area contributed by atoms with Crippen LogP contribution in [0.2, 0.25) is 0 Å². The number of aliphatic hydroxyl groups excluding tert-OH is 2. The standard InChI is InChI=1S/C18H27NO2/c1-18(2,17(21)13-6-4-3-5-7-13)12-19-10-14-8-9-16(20)15(14)11-19/h3-7,14-17,20-21H,8-12H2,1-2H3. The molecule has 21 heavy (non-hydrogen) atoms. The summed E-state index contributed by atoms with van der Waals surface area (Å²) in [6, 6.07) is 9.92. The second-order valence-corrected chi connectivity index (χ2v) is 7.56. The largest absolute Gasteiger partial charge is 0.393 e. The zero-order valence-electron chi connectivity index (χ0n) is 13.1. The first-order valence-corrected chi connectivity index (χ1v) is 8.11. The number of benzene rings is 1. The Bertz CT molecular complexity index is 473. The summed E-state index contributed by atoms with van der Waals surface area (Å²) in [5.74, 6) is 1.11. The van der Waals surface area contributed by atoms with Gasteiger partial charge in [-0.15, -0.1) is 0 Å². The summed E-state index contributed by atoms with van der Waals surface area (Å²) in [4.78, 5) is 2.43. The third-order valence-corrected chi connectivity index (χ3v) is 5.38. The Morgan fingerprint density at radius 2 is 1.90 bits per heavy atom. The van der Waals surface area contributed by atoms with Crippen molar-refractivity contribution in [2.24, 2.45) is 17.3 Å². The van der Waals surface area contributed by atoms with Crippen LogP contribution in [0.25, 0.3) is 0 Å². The molecule has 4 unspecified atom stereocenters. The van der Waals surface area contributed by atoms with Gasteiger partial charge in [-0.2, -0.15) is 0 Å². The summed E-state index contributed by atoms with van der Waals surface area (Å²) in [7, 11) is 0. The quantitative estimate of drug-likeness (QED) is 0.895. The average Bonchev–Trinajstić information content (AvgIpc) is 3.00. The monoisotopic (exact) mass is 289 g/mol. The number of hydrogen-bond acceptors (Lipinski definition) is 3. The Hall–Kier alpha value is -0.900. The van der Waals surface area contributed by atoms with E-state index in [2.05, 4.69) is 18.7 Å². The lowest BCUT2D eigenvalue weighted by Crippen LogP contribution is -2.37. The summed E-state index contributed by atoms with van der Waals surface area (Å²) in [6.45, 7) is 7.20. The summed E-state index contributed by atoms with van der Waals surface area (Å²) in [6.07, 6.45) is 1.56. The first kappa shape index (κ1) is 15.0. The van der Waals surface area contributed by atoms with Crippen LogP contribution in [0.5, 0.6) is 0 Å². The van der Waals surface area contributed by atoms with E-state index in [9.17, 15) is 10.2 Å². The highest BCUT2D eigenvalue weighted by molar-refractivity contribution is 5.19. The fourth-order valence-electron chi connectivity index (χ4n) is 4.21. The number of hydrogen-bond donors (Lipinski definition) is 2. The van der Waals surface area contributed by atoms with E-state index in [1.165, 1.54) is 0 Å². The molecule has 1 saturated carbocycles. The van der Waals surface area contributed by atoms with Crippen LogP contribution in [-0.4, -0.2) is 40.9 Å². The molecule has 1 aromatic carbocycles. The van der Waals surface area contributed by atoms with Crippen LogP contribution >= 0.6 is 0 Å². The van der Waals surface area contributed by atoms with Crippen molar-refractivity contribution in [3.63, 3.8) is 0 Å². The van der Waals surface area contributed by atoms with Crippen LogP contribution in [0.1, 0.15) is 38.4 Å². The highest BCUT2D eigenvalue weighted by Gasteiger charge is 2.43. The Morgan fingerprint density at radius 1 is 1.19 bits per heavy atom. The molecule has 2 aliphatic rings. The third-order valence-electron chi connectivity index (χ3n) is 5.38. The second kappa shape index (κ2) is 5.71. The molecule has 1 saturated heterocycles. The lowest BCUT2D eigenvalue weighted by atomic mass is 9.82. The summed E-state index contributed by atoms with van der Waals surface area (Å²) in [5, 5.41) is 20.7. The Kier molecular flexibility index (Phi) is 4.08. The van der Waals surface area contributed by atoms with Gasteiger partial charge in [-0.25, -0.2) is 0 Å². The van der Waals surface area contributed by atoms with Crippen LogP contribution in [0.3, 0.4) is 0 Å². The van der Waals surface area contributed by atoms with Crippen LogP contribution in [0.4, 0.5) is 0 Å². The molecule has 3 nitrogen and oxygen atoms in total. The van der Waals surface area contributed by atoms with Crippen molar-refractivity contribution in [3.05, 3.63) is 35.9 Å². The molecule has 1 aliphatic heterocycles. The third kappa shape index (κ3) is 3.01. The van der Waals surface area contributed by atoms with Crippen molar-refractivity contribution in [1.29, 1.82) is 0 Å². The smallest absolute Gasteiger partial charge is 0.0853 e. The zero-order valence-corrected chi connectivity index (χ0v) is 13.1. The SMILES string of the molecule is CC(C)(CN1CC2CCC(O)C2C1)C(O)c1ccccc1. The molecule has 1 heterocycles. The van der Waals surface area contributed by atoms with Gasteiger partial charge < -0.3 is 15.1 Å². The van der Waals surface area contributed by atoms with Crippen LogP contribution < -0.4 is 0 Å². The average molecular weight is 289 g/mol. The minimum absolute atomic E-state index is 0.109. The molecule has 0 bridgehead atoms. The molecule has 0 amide bonds. The first-order chi connectivity index (χ1) is 9.97. The molecule has 4 atom stereocenters. The van der Waals surface area contributed by atoms with Gasteiger partial charge in [0.25, 0.3) is 0 Å². The maximum atomic E-state index is 10.7. The van der Waals surface area contributed by atoms with Gasteiger partial charge in [-0.05, 0) is 24.3 Å². The molecular weight excluding hydrogens is 262 g/mol. The fourth-order valence-corrected chi connectivity index (χ4v) is 4.21. The second-order valence-electron chi connectivity index (χ2n) is 7.56. The Labute approximate surface area is 127 Å². The predicted octanol–water partition coefficient (Wildman–Crippen LogP) is 2.45. The fraction of sp³-hybridized carbons (Fsp3) is 0.667. The summed E-state index contributed by atoms with van der Waals surface area (Å²) >= 11 is 0. The Balaban J connectivity index is 1.64. The molecule has 0 aromatic heterocycles. The van der Waals surface area contributed by atoms with Crippen molar-refractivity contribution < 1.29 is 10.2 Å². The Morgan fingerprint density at radius 3 is 2.57 bits per heavy atom. The van der Waals surface area contributed by atoms with Gasteiger partial charge in [-0.3, -0.25) is 0 Å². The van der Waals surface area contributed by atoms with Crippen LogP contribution in [0, 0.1) is 17.3 Å². The van der Waals surface area contributed by atoms with E-state index >= 15 is 0 Å². The van der Waals surface area contributed by atoms with Gasteiger partial charge in [0.05, 0.1) is 12.2 Å². The molecule has 1 aromatic rings. The number of aliphatic hydroxyl groups is 2. The van der Waals surface area contributed by atoms with Gasteiger partial charge in [0.15, 0.2) is 0 Å². The van der Waals surface area contributed by atoms with Gasteiger partial charge in [0.2, 0.25) is 0 Å². The highest BCUT2D eigenvalue weighted by Crippen LogP contribution is 2.41. The topological polar surface area (TPSA) is 43.7 Å². The minimum Gasteiger partial charge on any atom is -0.393 e. The molecular formula is C18H27NO2. The van der Waals surface area contributed by atoms with E-state index in [4.69, 9.17) is 0 Å². The maximum Gasteiger partial charge on any atom is 0.0853 e. The molecule has 116 valence electrons.